The second kappa shape index (κ2) is 6.05. The van der Waals surface area contributed by atoms with Gasteiger partial charge in [-0.3, -0.25) is 4.79 Å². The number of aliphatic hydroxyl groups is 1. The molecule has 0 saturated heterocycles. The fraction of sp³-hybridized carbons (Fsp3) is 0.467. The molecule has 20 heavy (non-hydrogen) atoms. The Labute approximate surface area is 118 Å². The van der Waals surface area contributed by atoms with Gasteiger partial charge in [0.2, 0.25) is 0 Å². The maximum Gasteiger partial charge on any atom is 0.328 e. The SMILES string of the molecule is Cc1c(C)c(C)c(C(=O)N[C@@H](CO)C(=O)O)c(C)c1C. The zero-order chi connectivity index (χ0) is 15.6. The van der Waals surface area contributed by atoms with E-state index in [1.165, 1.54) is 0 Å². The molecule has 0 bridgehead atoms. The standard InChI is InChI=1S/C15H21NO4/c1-7-8(2)10(4)13(11(5)9(7)3)14(18)16-12(6-17)15(19)20/h12,17H,6H2,1-5H3,(H,16,18)(H,19,20)/t12-/m0/s1. The maximum absolute atomic E-state index is 12.3. The number of benzene rings is 1. The van der Waals surface area contributed by atoms with E-state index in [0.29, 0.717) is 5.56 Å². The molecule has 110 valence electrons. The van der Waals surface area contributed by atoms with Crippen LogP contribution in [0.3, 0.4) is 0 Å². The van der Waals surface area contributed by atoms with E-state index in [4.69, 9.17) is 10.2 Å². The van der Waals surface area contributed by atoms with Crippen LogP contribution in [0, 0.1) is 34.6 Å². The number of carboxylic acid groups (broad SMARTS) is 1. The normalized spacial score (nSPS) is 12.1. The first-order chi connectivity index (χ1) is 9.22. The molecular formula is C15H21NO4. The van der Waals surface area contributed by atoms with Crippen LogP contribution in [0.4, 0.5) is 0 Å². The Morgan fingerprint density at radius 3 is 1.70 bits per heavy atom. The molecule has 5 heteroatoms. The molecule has 1 atom stereocenters. The number of aliphatic carboxylic acids is 1. The number of amides is 1. The van der Waals surface area contributed by atoms with Crippen LogP contribution < -0.4 is 5.32 Å². The third kappa shape index (κ3) is 2.82. The number of carbonyl (C=O) groups is 2. The van der Waals surface area contributed by atoms with E-state index >= 15 is 0 Å². The summed E-state index contributed by atoms with van der Waals surface area (Å²) in [5.74, 6) is -1.72. The Morgan fingerprint density at radius 1 is 0.950 bits per heavy atom. The average molecular weight is 279 g/mol. The maximum atomic E-state index is 12.3. The molecule has 1 rings (SSSR count). The van der Waals surface area contributed by atoms with Gasteiger partial charge in [0.1, 0.15) is 0 Å². The Kier molecular flexibility index (Phi) is 4.89. The van der Waals surface area contributed by atoms with Crippen molar-refractivity contribution in [3.63, 3.8) is 0 Å². The first-order valence-corrected chi connectivity index (χ1v) is 6.43. The van der Waals surface area contributed by atoms with Crippen LogP contribution in [0.5, 0.6) is 0 Å². The van der Waals surface area contributed by atoms with Crippen LogP contribution in [-0.4, -0.2) is 34.7 Å². The fourth-order valence-electron chi connectivity index (χ4n) is 2.26. The molecule has 0 fully saturated rings. The molecule has 0 aromatic heterocycles. The van der Waals surface area contributed by atoms with Gasteiger partial charge in [-0.25, -0.2) is 4.79 Å². The molecule has 1 aromatic carbocycles. The second-order valence-electron chi connectivity index (χ2n) is 5.05. The first-order valence-electron chi connectivity index (χ1n) is 6.43. The van der Waals surface area contributed by atoms with Crippen molar-refractivity contribution >= 4 is 11.9 Å². The predicted molar refractivity (Wildman–Crippen MR) is 76.1 cm³/mol. The number of aliphatic hydroxyl groups excluding tert-OH is 1. The van der Waals surface area contributed by atoms with Crippen LogP contribution in [-0.2, 0) is 4.79 Å². The molecule has 0 spiro atoms. The summed E-state index contributed by atoms with van der Waals surface area (Å²) in [6, 6.07) is -1.29. The molecule has 1 amide bonds. The minimum atomic E-state index is -1.29. The van der Waals surface area contributed by atoms with Crippen molar-refractivity contribution < 1.29 is 19.8 Å². The lowest BCUT2D eigenvalue weighted by molar-refractivity contribution is -0.140. The highest BCUT2D eigenvalue weighted by molar-refractivity contribution is 5.99. The van der Waals surface area contributed by atoms with Crippen LogP contribution in [0.2, 0.25) is 0 Å². The minimum absolute atomic E-state index is 0.465. The largest absolute Gasteiger partial charge is 0.480 e. The van der Waals surface area contributed by atoms with Gasteiger partial charge in [-0.05, 0) is 62.4 Å². The summed E-state index contributed by atoms with van der Waals surface area (Å²) in [5, 5.41) is 20.2. The number of carbonyl (C=O) groups excluding carboxylic acids is 1. The van der Waals surface area contributed by atoms with Gasteiger partial charge in [0.25, 0.3) is 5.91 Å². The molecule has 0 saturated carbocycles. The lowest BCUT2D eigenvalue weighted by Gasteiger charge is -2.19. The summed E-state index contributed by atoms with van der Waals surface area (Å²) in [6.07, 6.45) is 0. The van der Waals surface area contributed by atoms with Crippen molar-refractivity contribution in [2.45, 2.75) is 40.7 Å². The highest BCUT2D eigenvalue weighted by Crippen LogP contribution is 2.25. The molecule has 0 aliphatic heterocycles. The van der Waals surface area contributed by atoms with Gasteiger partial charge in [-0.15, -0.1) is 0 Å². The third-order valence-electron chi connectivity index (χ3n) is 4.01. The van der Waals surface area contributed by atoms with E-state index < -0.39 is 24.5 Å². The lowest BCUT2D eigenvalue weighted by Crippen LogP contribution is -2.43. The van der Waals surface area contributed by atoms with E-state index in [-0.39, 0.29) is 0 Å². The van der Waals surface area contributed by atoms with Gasteiger partial charge in [-0.1, -0.05) is 0 Å². The number of hydrogen-bond donors (Lipinski definition) is 3. The Morgan fingerprint density at radius 2 is 1.35 bits per heavy atom. The van der Waals surface area contributed by atoms with Gasteiger partial charge in [0, 0.05) is 5.56 Å². The van der Waals surface area contributed by atoms with E-state index in [1.807, 2.05) is 34.6 Å². The first kappa shape index (κ1) is 16.2. The van der Waals surface area contributed by atoms with E-state index in [9.17, 15) is 9.59 Å². The van der Waals surface area contributed by atoms with Gasteiger partial charge in [0.15, 0.2) is 6.04 Å². The second-order valence-corrected chi connectivity index (χ2v) is 5.05. The molecule has 1 aromatic rings. The molecule has 0 unspecified atom stereocenters. The van der Waals surface area contributed by atoms with Crippen molar-refractivity contribution in [1.82, 2.24) is 5.32 Å². The smallest absolute Gasteiger partial charge is 0.328 e. The molecular weight excluding hydrogens is 258 g/mol. The van der Waals surface area contributed by atoms with Gasteiger partial charge < -0.3 is 15.5 Å². The quantitative estimate of drug-likeness (QED) is 0.777. The zero-order valence-electron chi connectivity index (χ0n) is 12.5. The van der Waals surface area contributed by atoms with Crippen LogP contribution in [0.25, 0.3) is 0 Å². The van der Waals surface area contributed by atoms with Crippen LogP contribution >= 0.6 is 0 Å². The summed E-state index contributed by atoms with van der Waals surface area (Å²) in [5.41, 5.74) is 5.34. The lowest BCUT2D eigenvalue weighted by atomic mass is 9.89. The highest BCUT2D eigenvalue weighted by Gasteiger charge is 2.23. The molecule has 0 aliphatic rings. The predicted octanol–water partition coefficient (Wildman–Crippen LogP) is 1.40. The van der Waals surface area contributed by atoms with E-state index in [1.54, 1.807) is 0 Å². The number of nitrogens with one attached hydrogen (secondary N) is 1. The zero-order valence-corrected chi connectivity index (χ0v) is 12.5. The number of rotatable bonds is 4. The van der Waals surface area contributed by atoms with Gasteiger partial charge in [-0.2, -0.15) is 0 Å². The van der Waals surface area contributed by atoms with E-state index in [0.717, 1.165) is 27.8 Å². The van der Waals surface area contributed by atoms with Crippen molar-refractivity contribution in [3.05, 3.63) is 33.4 Å². The monoisotopic (exact) mass is 279 g/mol. The van der Waals surface area contributed by atoms with E-state index in [2.05, 4.69) is 5.32 Å². The van der Waals surface area contributed by atoms with Gasteiger partial charge >= 0.3 is 5.97 Å². The van der Waals surface area contributed by atoms with Gasteiger partial charge in [0.05, 0.1) is 6.61 Å². The molecule has 0 heterocycles. The molecule has 0 radical (unpaired) electrons. The topological polar surface area (TPSA) is 86.6 Å². The van der Waals surface area contributed by atoms with Crippen molar-refractivity contribution in [1.29, 1.82) is 0 Å². The summed E-state index contributed by atoms with van der Waals surface area (Å²) < 4.78 is 0. The Bertz CT molecular complexity index is 534. The Hall–Kier alpha value is -1.88. The van der Waals surface area contributed by atoms with Crippen molar-refractivity contribution in [2.24, 2.45) is 0 Å². The number of carboxylic acids is 1. The summed E-state index contributed by atoms with van der Waals surface area (Å²) >= 11 is 0. The average Bonchev–Trinajstić information content (AvgIpc) is 2.40. The number of hydrogen-bond acceptors (Lipinski definition) is 3. The summed E-state index contributed by atoms with van der Waals surface area (Å²) in [6.45, 7) is 8.93. The summed E-state index contributed by atoms with van der Waals surface area (Å²) in [4.78, 5) is 23.2. The Balaban J connectivity index is 3.27. The van der Waals surface area contributed by atoms with Crippen molar-refractivity contribution in [2.75, 3.05) is 6.61 Å². The molecule has 0 aliphatic carbocycles. The van der Waals surface area contributed by atoms with Crippen molar-refractivity contribution in [3.8, 4) is 0 Å². The van der Waals surface area contributed by atoms with Crippen LogP contribution in [0.15, 0.2) is 0 Å². The molecule has 3 N–H and O–H groups in total. The molecule has 5 nitrogen and oxygen atoms in total. The summed E-state index contributed by atoms with van der Waals surface area (Å²) in [7, 11) is 0. The van der Waals surface area contributed by atoms with Crippen LogP contribution in [0.1, 0.15) is 38.2 Å². The minimum Gasteiger partial charge on any atom is -0.480 e. The third-order valence-corrected chi connectivity index (χ3v) is 4.01. The highest BCUT2D eigenvalue weighted by atomic mass is 16.4. The fourth-order valence-corrected chi connectivity index (χ4v) is 2.26.